The van der Waals surface area contributed by atoms with Gasteiger partial charge in [-0.15, -0.1) is 0 Å². The lowest BCUT2D eigenvalue weighted by atomic mass is 9.90. The summed E-state index contributed by atoms with van der Waals surface area (Å²) in [6.45, 7) is 4.41. The van der Waals surface area contributed by atoms with Gasteiger partial charge in [-0.05, 0) is 26.7 Å². The van der Waals surface area contributed by atoms with E-state index in [1.165, 1.54) is 6.33 Å². The van der Waals surface area contributed by atoms with Gasteiger partial charge in [0, 0.05) is 6.04 Å². The Bertz CT molecular complexity index is 364. The first kappa shape index (κ1) is 11.1. The molecular formula is C11H17N3O2. The second-order valence-electron chi connectivity index (χ2n) is 4.01. The smallest absolute Gasteiger partial charge is 0.223 e. The van der Waals surface area contributed by atoms with Crippen molar-refractivity contribution in [2.75, 3.05) is 6.61 Å². The van der Waals surface area contributed by atoms with Crippen molar-refractivity contribution in [3.8, 4) is 11.8 Å². The van der Waals surface area contributed by atoms with E-state index in [-0.39, 0.29) is 12.1 Å². The van der Waals surface area contributed by atoms with Crippen LogP contribution in [0.3, 0.4) is 0 Å². The van der Waals surface area contributed by atoms with E-state index >= 15 is 0 Å². The van der Waals surface area contributed by atoms with Gasteiger partial charge in [0.15, 0.2) is 0 Å². The standard InChI is InChI=1S/C11H17N3O2/c1-3-15-10-7(2)11(14-6-13-10)16-9-4-8(12)5-9/h6,8-9H,3-5,12H2,1-2H3. The summed E-state index contributed by atoms with van der Waals surface area (Å²) in [7, 11) is 0. The molecule has 1 aromatic rings. The Morgan fingerprint density at radius 2 is 2.06 bits per heavy atom. The van der Waals surface area contributed by atoms with E-state index in [1.54, 1.807) is 0 Å². The van der Waals surface area contributed by atoms with Gasteiger partial charge in [0.1, 0.15) is 12.4 Å². The molecule has 0 amide bonds. The molecule has 1 aliphatic carbocycles. The molecule has 0 bridgehead atoms. The Morgan fingerprint density at radius 3 is 2.69 bits per heavy atom. The maximum atomic E-state index is 5.73. The van der Waals surface area contributed by atoms with Crippen molar-refractivity contribution in [2.45, 2.75) is 38.8 Å². The summed E-state index contributed by atoms with van der Waals surface area (Å²) < 4.78 is 11.1. The number of nitrogens with two attached hydrogens (primary N) is 1. The molecule has 1 aliphatic rings. The quantitative estimate of drug-likeness (QED) is 0.826. The van der Waals surface area contributed by atoms with E-state index in [2.05, 4.69) is 9.97 Å². The lowest BCUT2D eigenvalue weighted by Gasteiger charge is -2.32. The lowest BCUT2D eigenvalue weighted by Crippen LogP contribution is -2.43. The fourth-order valence-corrected chi connectivity index (χ4v) is 1.68. The van der Waals surface area contributed by atoms with E-state index in [1.807, 2.05) is 13.8 Å². The van der Waals surface area contributed by atoms with Crippen molar-refractivity contribution in [1.82, 2.24) is 9.97 Å². The van der Waals surface area contributed by atoms with Gasteiger partial charge in [-0.25, -0.2) is 9.97 Å². The third kappa shape index (κ3) is 2.24. The molecule has 0 spiro atoms. The van der Waals surface area contributed by atoms with E-state index in [0.717, 1.165) is 18.4 Å². The monoisotopic (exact) mass is 223 g/mol. The van der Waals surface area contributed by atoms with Crippen LogP contribution in [0.2, 0.25) is 0 Å². The average Bonchev–Trinajstić information content (AvgIpc) is 2.22. The Hall–Kier alpha value is -1.36. The van der Waals surface area contributed by atoms with Crippen molar-refractivity contribution in [2.24, 2.45) is 5.73 Å². The highest BCUT2D eigenvalue weighted by Gasteiger charge is 2.28. The van der Waals surface area contributed by atoms with Gasteiger partial charge < -0.3 is 15.2 Å². The Kier molecular flexibility index (Phi) is 3.24. The summed E-state index contributed by atoms with van der Waals surface area (Å²) in [5, 5.41) is 0. The van der Waals surface area contributed by atoms with Crippen LogP contribution in [-0.4, -0.2) is 28.7 Å². The largest absolute Gasteiger partial charge is 0.478 e. The number of aromatic nitrogens is 2. The molecule has 88 valence electrons. The molecule has 16 heavy (non-hydrogen) atoms. The molecule has 0 unspecified atom stereocenters. The van der Waals surface area contributed by atoms with Gasteiger partial charge in [-0.1, -0.05) is 0 Å². The first-order valence-electron chi connectivity index (χ1n) is 5.57. The zero-order chi connectivity index (χ0) is 11.5. The molecule has 1 heterocycles. The van der Waals surface area contributed by atoms with Crippen LogP contribution in [0.5, 0.6) is 11.8 Å². The average molecular weight is 223 g/mol. The maximum absolute atomic E-state index is 5.73. The lowest BCUT2D eigenvalue weighted by molar-refractivity contribution is 0.0942. The molecule has 0 aromatic carbocycles. The second-order valence-corrected chi connectivity index (χ2v) is 4.01. The Balaban J connectivity index is 2.05. The SMILES string of the molecule is CCOc1ncnc(OC2CC(N)C2)c1C. The van der Waals surface area contributed by atoms with E-state index < -0.39 is 0 Å². The Labute approximate surface area is 95.0 Å². The highest BCUT2D eigenvalue weighted by Crippen LogP contribution is 2.28. The van der Waals surface area contributed by atoms with Gasteiger partial charge in [0.2, 0.25) is 11.8 Å². The van der Waals surface area contributed by atoms with Gasteiger partial charge >= 0.3 is 0 Å². The van der Waals surface area contributed by atoms with Crippen LogP contribution in [0.15, 0.2) is 6.33 Å². The normalized spacial score (nSPS) is 23.7. The first-order valence-corrected chi connectivity index (χ1v) is 5.57. The molecular weight excluding hydrogens is 206 g/mol. The van der Waals surface area contributed by atoms with Crippen molar-refractivity contribution in [1.29, 1.82) is 0 Å². The molecule has 0 atom stereocenters. The summed E-state index contributed by atoms with van der Waals surface area (Å²) in [6.07, 6.45) is 3.45. The van der Waals surface area contributed by atoms with Crippen molar-refractivity contribution < 1.29 is 9.47 Å². The molecule has 5 nitrogen and oxygen atoms in total. The number of hydrogen-bond acceptors (Lipinski definition) is 5. The summed E-state index contributed by atoms with van der Waals surface area (Å²) in [6, 6.07) is 0.276. The topological polar surface area (TPSA) is 70.3 Å². The van der Waals surface area contributed by atoms with Crippen molar-refractivity contribution in [3.05, 3.63) is 11.9 Å². The molecule has 0 radical (unpaired) electrons. The first-order chi connectivity index (χ1) is 7.70. The predicted octanol–water partition coefficient (Wildman–Crippen LogP) is 1.05. The zero-order valence-electron chi connectivity index (χ0n) is 9.64. The zero-order valence-corrected chi connectivity index (χ0v) is 9.64. The number of nitrogens with zero attached hydrogens (tertiary/aromatic N) is 2. The number of hydrogen-bond donors (Lipinski definition) is 1. The third-order valence-electron chi connectivity index (χ3n) is 2.68. The predicted molar refractivity (Wildman–Crippen MR) is 59.6 cm³/mol. The van der Waals surface area contributed by atoms with Crippen LogP contribution >= 0.6 is 0 Å². The molecule has 0 saturated heterocycles. The van der Waals surface area contributed by atoms with E-state index in [0.29, 0.717) is 18.4 Å². The summed E-state index contributed by atoms with van der Waals surface area (Å²) >= 11 is 0. The van der Waals surface area contributed by atoms with Gasteiger partial charge in [-0.2, -0.15) is 0 Å². The van der Waals surface area contributed by atoms with Crippen LogP contribution < -0.4 is 15.2 Å². The maximum Gasteiger partial charge on any atom is 0.223 e. The molecule has 1 saturated carbocycles. The van der Waals surface area contributed by atoms with Crippen LogP contribution in [0.25, 0.3) is 0 Å². The summed E-state index contributed by atoms with van der Waals surface area (Å²) in [5.74, 6) is 1.20. The molecule has 5 heteroatoms. The minimum Gasteiger partial charge on any atom is -0.478 e. The molecule has 1 aromatic heterocycles. The van der Waals surface area contributed by atoms with Crippen LogP contribution in [-0.2, 0) is 0 Å². The second kappa shape index (κ2) is 4.65. The fraction of sp³-hybridized carbons (Fsp3) is 0.636. The van der Waals surface area contributed by atoms with Gasteiger partial charge in [-0.3, -0.25) is 0 Å². The molecule has 0 aliphatic heterocycles. The number of ether oxygens (including phenoxy) is 2. The molecule has 2 rings (SSSR count). The molecule has 1 fully saturated rings. The van der Waals surface area contributed by atoms with Gasteiger partial charge in [0.05, 0.1) is 12.2 Å². The third-order valence-corrected chi connectivity index (χ3v) is 2.68. The summed E-state index contributed by atoms with van der Waals surface area (Å²) in [5.41, 5.74) is 6.55. The van der Waals surface area contributed by atoms with E-state index in [4.69, 9.17) is 15.2 Å². The summed E-state index contributed by atoms with van der Waals surface area (Å²) in [4.78, 5) is 8.17. The van der Waals surface area contributed by atoms with Crippen LogP contribution in [0.1, 0.15) is 25.3 Å². The number of rotatable bonds is 4. The highest BCUT2D eigenvalue weighted by molar-refractivity contribution is 5.32. The molecule has 2 N–H and O–H groups in total. The van der Waals surface area contributed by atoms with Gasteiger partial charge in [0.25, 0.3) is 0 Å². The minimum absolute atomic E-state index is 0.193. The minimum atomic E-state index is 0.193. The van der Waals surface area contributed by atoms with Crippen molar-refractivity contribution >= 4 is 0 Å². The van der Waals surface area contributed by atoms with Crippen LogP contribution in [0.4, 0.5) is 0 Å². The van der Waals surface area contributed by atoms with Crippen LogP contribution in [0, 0.1) is 6.92 Å². The van der Waals surface area contributed by atoms with Crippen molar-refractivity contribution in [3.63, 3.8) is 0 Å². The highest BCUT2D eigenvalue weighted by atomic mass is 16.5. The fourth-order valence-electron chi connectivity index (χ4n) is 1.68. The Morgan fingerprint density at radius 1 is 1.38 bits per heavy atom. The van der Waals surface area contributed by atoms with E-state index in [9.17, 15) is 0 Å².